The summed E-state index contributed by atoms with van der Waals surface area (Å²) in [6, 6.07) is 10.4. The highest BCUT2D eigenvalue weighted by molar-refractivity contribution is 5.94. The Morgan fingerprint density at radius 1 is 1.12 bits per heavy atom. The molecule has 1 aromatic heterocycles. The fourth-order valence-corrected chi connectivity index (χ4v) is 4.71. The van der Waals surface area contributed by atoms with Crippen LogP contribution >= 0.6 is 0 Å². The molecule has 0 radical (unpaired) electrons. The van der Waals surface area contributed by atoms with Crippen LogP contribution in [0.3, 0.4) is 0 Å². The van der Waals surface area contributed by atoms with Crippen molar-refractivity contribution in [3.05, 3.63) is 47.3 Å². The normalized spacial score (nSPS) is 25.0. The van der Waals surface area contributed by atoms with Gasteiger partial charge in [0.2, 0.25) is 0 Å². The van der Waals surface area contributed by atoms with Crippen molar-refractivity contribution in [1.29, 1.82) is 0 Å². The number of hydrogen-bond acceptors (Lipinski definition) is 3. The summed E-state index contributed by atoms with van der Waals surface area (Å²) in [6.45, 7) is 1.33. The number of morpholine rings is 1. The van der Waals surface area contributed by atoms with Crippen molar-refractivity contribution in [2.75, 3.05) is 13.2 Å². The van der Waals surface area contributed by atoms with E-state index >= 15 is 0 Å². The Kier molecular flexibility index (Phi) is 3.63. The number of aromatic nitrogens is 2. The first kappa shape index (κ1) is 15.1. The van der Waals surface area contributed by atoms with Gasteiger partial charge in [-0.2, -0.15) is 5.10 Å². The molecule has 2 aliphatic carbocycles. The molecule has 0 spiro atoms. The zero-order valence-electron chi connectivity index (χ0n) is 14.4. The van der Waals surface area contributed by atoms with E-state index in [0.29, 0.717) is 18.8 Å². The van der Waals surface area contributed by atoms with Crippen LogP contribution in [0.4, 0.5) is 0 Å². The molecule has 5 nitrogen and oxygen atoms in total. The van der Waals surface area contributed by atoms with E-state index in [1.165, 1.54) is 5.69 Å². The van der Waals surface area contributed by atoms with Crippen LogP contribution in [0.25, 0.3) is 5.69 Å². The summed E-state index contributed by atoms with van der Waals surface area (Å²) in [6.07, 6.45) is 6.57. The maximum absolute atomic E-state index is 13.3. The molecule has 130 valence electrons. The Hall–Kier alpha value is -2.14. The monoisotopic (exact) mass is 337 g/mol. The highest BCUT2D eigenvalue weighted by atomic mass is 16.5. The lowest BCUT2D eigenvalue weighted by Crippen LogP contribution is -2.51. The number of hydrogen-bond donors (Lipinski definition) is 0. The maximum Gasteiger partial charge on any atom is 0.275 e. The van der Waals surface area contributed by atoms with E-state index in [2.05, 4.69) is 12.1 Å². The lowest BCUT2D eigenvalue weighted by atomic mass is 10.1. The molecule has 5 heteroatoms. The average Bonchev–Trinajstić information content (AvgIpc) is 3.37. The van der Waals surface area contributed by atoms with Gasteiger partial charge in [-0.15, -0.1) is 0 Å². The molecule has 1 aliphatic heterocycles. The van der Waals surface area contributed by atoms with Crippen molar-refractivity contribution in [2.45, 2.75) is 50.7 Å². The number of benzene rings is 1. The fraction of sp³-hybridized carbons (Fsp3) is 0.500. The van der Waals surface area contributed by atoms with Crippen molar-refractivity contribution in [1.82, 2.24) is 14.7 Å². The van der Waals surface area contributed by atoms with E-state index in [0.717, 1.165) is 49.8 Å². The Morgan fingerprint density at radius 2 is 2.00 bits per heavy atom. The second-order valence-electron chi connectivity index (χ2n) is 7.28. The first-order valence-electron chi connectivity index (χ1n) is 9.41. The van der Waals surface area contributed by atoms with Gasteiger partial charge in [-0.05, 0) is 50.7 Å². The summed E-state index contributed by atoms with van der Waals surface area (Å²) < 4.78 is 7.85. The molecule has 1 amide bonds. The van der Waals surface area contributed by atoms with Crippen molar-refractivity contribution >= 4 is 5.91 Å². The first-order chi connectivity index (χ1) is 12.3. The van der Waals surface area contributed by atoms with E-state index < -0.39 is 0 Å². The third kappa shape index (κ3) is 2.41. The Morgan fingerprint density at radius 3 is 2.88 bits per heavy atom. The lowest BCUT2D eigenvalue weighted by molar-refractivity contribution is -0.0447. The summed E-state index contributed by atoms with van der Waals surface area (Å²) in [5.41, 5.74) is 4.09. The fourth-order valence-electron chi connectivity index (χ4n) is 4.71. The minimum atomic E-state index is 0.105. The number of carbonyl (C=O) groups is 1. The van der Waals surface area contributed by atoms with Crippen molar-refractivity contribution < 1.29 is 9.53 Å². The van der Waals surface area contributed by atoms with Gasteiger partial charge in [-0.3, -0.25) is 4.79 Å². The molecule has 0 N–H and O–H groups in total. The molecule has 1 saturated heterocycles. The molecule has 25 heavy (non-hydrogen) atoms. The van der Waals surface area contributed by atoms with Gasteiger partial charge < -0.3 is 9.64 Å². The van der Waals surface area contributed by atoms with E-state index in [-0.39, 0.29) is 18.1 Å². The van der Waals surface area contributed by atoms with Crippen LogP contribution in [-0.4, -0.2) is 45.9 Å². The predicted octanol–water partition coefficient (Wildman–Crippen LogP) is 2.75. The Bertz CT molecular complexity index is 799. The van der Waals surface area contributed by atoms with Crippen LogP contribution in [0.15, 0.2) is 30.3 Å². The van der Waals surface area contributed by atoms with Gasteiger partial charge in [0.1, 0.15) is 0 Å². The molecule has 1 aromatic carbocycles. The second-order valence-corrected chi connectivity index (χ2v) is 7.28. The molecule has 0 bridgehead atoms. The summed E-state index contributed by atoms with van der Waals surface area (Å²) in [5, 5.41) is 4.78. The molecular formula is C20H23N3O2. The van der Waals surface area contributed by atoms with Crippen LogP contribution in [0.5, 0.6) is 0 Å². The number of ether oxygens (including phenoxy) is 1. The van der Waals surface area contributed by atoms with Crippen molar-refractivity contribution in [3.8, 4) is 5.69 Å². The van der Waals surface area contributed by atoms with Gasteiger partial charge in [-0.25, -0.2) is 4.68 Å². The number of para-hydroxylation sites is 1. The standard InChI is InChI=1S/C20H23N3O2/c24-20(22-12-13-25-18-11-5-10-17(18)22)19-15-8-4-9-16(15)23(21-19)14-6-2-1-3-7-14/h1-3,6-7,17-18H,4-5,8-13H2/t17-,18+/m1/s1. The highest BCUT2D eigenvalue weighted by Crippen LogP contribution is 2.33. The third-order valence-corrected chi connectivity index (χ3v) is 5.88. The van der Waals surface area contributed by atoms with Gasteiger partial charge in [0.25, 0.3) is 5.91 Å². The summed E-state index contributed by atoms with van der Waals surface area (Å²) in [7, 11) is 0. The average molecular weight is 337 g/mol. The van der Waals surface area contributed by atoms with Gasteiger partial charge in [0.15, 0.2) is 5.69 Å². The van der Waals surface area contributed by atoms with E-state index in [4.69, 9.17) is 9.84 Å². The van der Waals surface area contributed by atoms with Gasteiger partial charge in [0.05, 0.1) is 24.4 Å². The molecule has 2 heterocycles. The minimum absolute atomic E-state index is 0.105. The zero-order valence-corrected chi connectivity index (χ0v) is 14.4. The maximum atomic E-state index is 13.3. The SMILES string of the molecule is O=C(c1nn(-c2ccccc2)c2c1CCC2)N1CCO[C@H]2CCC[C@H]21. The van der Waals surface area contributed by atoms with Crippen LogP contribution in [0.2, 0.25) is 0 Å². The number of fused-ring (bicyclic) bond motifs is 2. The van der Waals surface area contributed by atoms with E-state index in [1.54, 1.807) is 0 Å². The largest absolute Gasteiger partial charge is 0.374 e. The molecule has 3 aliphatic rings. The predicted molar refractivity (Wildman–Crippen MR) is 94.0 cm³/mol. The van der Waals surface area contributed by atoms with Gasteiger partial charge >= 0.3 is 0 Å². The number of rotatable bonds is 2. The number of carbonyl (C=O) groups excluding carboxylic acids is 1. The Balaban J connectivity index is 1.53. The molecular weight excluding hydrogens is 314 g/mol. The van der Waals surface area contributed by atoms with Crippen molar-refractivity contribution in [2.24, 2.45) is 0 Å². The van der Waals surface area contributed by atoms with Crippen LogP contribution in [0, 0.1) is 0 Å². The molecule has 0 unspecified atom stereocenters. The highest BCUT2D eigenvalue weighted by Gasteiger charge is 2.40. The molecule has 2 fully saturated rings. The molecule has 2 atom stereocenters. The number of amides is 1. The molecule has 1 saturated carbocycles. The van der Waals surface area contributed by atoms with E-state index in [1.807, 2.05) is 27.8 Å². The Labute approximate surface area is 147 Å². The topological polar surface area (TPSA) is 47.4 Å². The van der Waals surface area contributed by atoms with Crippen molar-refractivity contribution in [3.63, 3.8) is 0 Å². The lowest BCUT2D eigenvalue weighted by Gasteiger charge is -2.37. The van der Waals surface area contributed by atoms with E-state index in [9.17, 15) is 4.79 Å². The quantitative estimate of drug-likeness (QED) is 0.846. The summed E-state index contributed by atoms with van der Waals surface area (Å²) in [5.74, 6) is 0.105. The number of nitrogens with zero attached hydrogens (tertiary/aromatic N) is 3. The summed E-state index contributed by atoms with van der Waals surface area (Å²) >= 11 is 0. The zero-order chi connectivity index (χ0) is 16.8. The second kappa shape index (κ2) is 5.99. The first-order valence-corrected chi connectivity index (χ1v) is 9.41. The van der Waals surface area contributed by atoms with Gasteiger partial charge in [-0.1, -0.05) is 18.2 Å². The summed E-state index contributed by atoms with van der Waals surface area (Å²) in [4.78, 5) is 15.4. The molecule has 5 rings (SSSR count). The minimum Gasteiger partial charge on any atom is -0.374 e. The van der Waals surface area contributed by atoms with Gasteiger partial charge in [0, 0.05) is 17.8 Å². The third-order valence-electron chi connectivity index (χ3n) is 5.88. The van der Waals surface area contributed by atoms with Crippen LogP contribution < -0.4 is 0 Å². The molecule has 2 aromatic rings. The van der Waals surface area contributed by atoms with Crippen LogP contribution in [0.1, 0.15) is 47.4 Å². The smallest absolute Gasteiger partial charge is 0.275 e. The van der Waals surface area contributed by atoms with Crippen LogP contribution in [-0.2, 0) is 17.6 Å².